The molecule has 7 heteroatoms. The molecule has 3 N–H and O–H groups in total. The Balaban J connectivity index is 2.13. The fraction of sp³-hybridized carbons (Fsp3) is 0.471. The molecule has 1 saturated heterocycles. The van der Waals surface area contributed by atoms with Gasteiger partial charge in [0.05, 0.1) is 17.8 Å². The van der Waals surface area contributed by atoms with Gasteiger partial charge in [-0.1, -0.05) is 37.7 Å². The second kappa shape index (κ2) is 7.36. The monoisotopic (exact) mass is 349 g/mol. The van der Waals surface area contributed by atoms with Gasteiger partial charge in [-0.15, -0.1) is 0 Å². The fourth-order valence-corrected chi connectivity index (χ4v) is 3.01. The molecule has 1 aromatic carbocycles. The lowest BCUT2D eigenvalue weighted by Gasteiger charge is -2.33. The first-order valence-corrected chi connectivity index (χ1v) is 8.84. The zero-order chi connectivity index (χ0) is 17.9. The average molecular weight is 349 g/mol. The van der Waals surface area contributed by atoms with Crippen LogP contribution in [0.4, 0.5) is 4.79 Å². The van der Waals surface area contributed by atoms with E-state index in [1.54, 1.807) is 24.3 Å². The Morgan fingerprint density at radius 2 is 2.12 bits per heavy atom. The number of rotatable bonds is 6. The number of amides is 3. The SMILES string of the molecule is CC(C)C(C)(CN)NC(=O)c1cccc(CN2C(=O)CSC2=O)c1. The van der Waals surface area contributed by atoms with E-state index in [1.807, 2.05) is 20.8 Å². The van der Waals surface area contributed by atoms with Crippen molar-refractivity contribution in [3.05, 3.63) is 35.4 Å². The van der Waals surface area contributed by atoms with Crippen LogP contribution in [0.15, 0.2) is 24.3 Å². The molecule has 2 rings (SSSR count). The number of nitrogens with two attached hydrogens (primary N) is 1. The molecule has 1 fully saturated rings. The first-order chi connectivity index (χ1) is 11.3. The minimum Gasteiger partial charge on any atom is -0.345 e. The quantitative estimate of drug-likeness (QED) is 0.819. The van der Waals surface area contributed by atoms with Crippen molar-refractivity contribution in [2.24, 2.45) is 11.7 Å². The molecule has 130 valence electrons. The van der Waals surface area contributed by atoms with Gasteiger partial charge >= 0.3 is 0 Å². The number of carbonyl (C=O) groups is 3. The molecule has 0 spiro atoms. The van der Waals surface area contributed by atoms with E-state index in [0.29, 0.717) is 12.1 Å². The number of thioether (sulfide) groups is 1. The Morgan fingerprint density at radius 1 is 1.42 bits per heavy atom. The number of hydrogen-bond acceptors (Lipinski definition) is 5. The standard InChI is InChI=1S/C17H23N3O3S/c1-11(2)17(3,10-18)19-15(22)13-6-4-5-12(7-13)8-20-14(21)9-24-16(20)23/h4-7,11H,8-10,18H2,1-3H3,(H,19,22). The molecule has 1 aliphatic rings. The van der Waals surface area contributed by atoms with Crippen molar-refractivity contribution < 1.29 is 14.4 Å². The molecule has 0 radical (unpaired) electrons. The van der Waals surface area contributed by atoms with E-state index in [4.69, 9.17) is 5.73 Å². The second-order valence-electron chi connectivity index (χ2n) is 6.47. The van der Waals surface area contributed by atoms with E-state index < -0.39 is 5.54 Å². The zero-order valence-electron chi connectivity index (χ0n) is 14.2. The van der Waals surface area contributed by atoms with Crippen molar-refractivity contribution in [3.63, 3.8) is 0 Å². The normalized spacial score (nSPS) is 17.3. The predicted molar refractivity (Wildman–Crippen MR) is 94.6 cm³/mol. The molecule has 0 bridgehead atoms. The summed E-state index contributed by atoms with van der Waals surface area (Å²) in [5.41, 5.74) is 6.54. The summed E-state index contributed by atoms with van der Waals surface area (Å²) in [6, 6.07) is 6.96. The van der Waals surface area contributed by atoms with Gasteiger partial charge in [-0.2, -0.15) is 0 Å². The van der Waals surface area contributed by atoms with Crippen molar-refractivity contribution in [2.75, 3.05) is 12.3 Å². The third kappa shape index (κ3) is 3.96. The second-order valence-corrected chi connectivity index (χ2v) is 7.39. The van der Waals surface area contributed by atoms with Crippen LogP contribution in [0.1, 0.15) is 36.7 Å². The van der Waals surface area contributed by atoms with Gasteiger partial charge in [0, 0.05) is 12.1 Å². The summed E-state index contributed by atoms with van der Waals surface area (Å²) in [5.74, 6) is -0.0452. The summed E-state index contributed by atoms with van der Waals surface area (Å²) in [5, 5.41) is 2.74. The van der Waals surface area contributed by atoms with Gasteiger partial charge in [0.15, 0.2) is 0 Å². The first kappa shape index (κ1) is 18.5. The predicted octanol–water partition coefficient (Wildman–Crippen LogP) is 1.99. The maximum Gasteiger partial charge on any atom is 0.289 e. The lowest BCUT2D eigenvalue weighted by atomic mass is 9.88. The minimum atomic E-state index is -0.495. The van der Waals surface area contributed by atoms with Crippen molar-refractivity contribution >= 4 is 28.8 Å². The van der Waals surface area contributed by atoms with Crippen molar-refractivity contribution in [1.82, 2.24) is 10.2 Å². The number of nitrogens with one attached hydrogen (secondary N) is 1. The van der Waals surface area contributed by atoms with Crippen LogP contribution in [-0.4, -0.2) is 39.8 Å². The van der Waals surface area contributed by atoms with E-state index in [-0.39, 0.29) is 35.3 Å². The Hall–Kier alpha value is -1.86. The lowest BCUT2D eigenvalue weighted by molar-refractivity contribution is -0.125. The summed E-state index contributed by atoms with van der Waals surface area (Å²) in [6.45, 7) is 6.45. The molecule has 0 aromatic heterocycles. The number of imide groups is 1. The highest BCUT2D eigenvalue weighted by Gasteiger charge is 2.31. The molecular formula is C17H23N3O3S. The van der Waals surface area contributed by atoms with Crippen LogP contribution in [0.5, 0.6) is 0 Å². The van der Waals surface area contributed by atoms with E-state index >= 15 is 0 Å². The number of nitrogens with zero attached hydrogens (tertiary/aromatic N) is 1. The molecule has 0 aliphatic carbocycles. The number of benzene rings is 1. The average Bonchev–Trinajstić information content (AvgIpc) is 2.86. The summed E-state index contributed by atoms with van der Waals surface area (Å²) < 4.78 is 0. The molecule has 6 nitrogen and oxygen atoms in total. The molecule has 1 aliphatic heterocycles. The highest BCUT2D eigenvalue weighted by molar-refractivity contribution is 8.14. The Bertz CT molecular complexity index is 646. The maximum atomic E-state index is 12.5. The van der Waals surface area contributed by atoms with Gasteiger partial charge in [-0.05, 0) is 30.5 Å². The summed E-state index contributed by atoms with van der Waals surface area (Å²) >= 11 is 1.00. The molecule has 1 aromatic rings. The van der Waals surface area contributed by atoms with E-state index in [0.717, 1.165) is 17.3 Å². The van der Waals surface area contributed by atoms with Crippen LogP contribution in [-0.2, 0) is 11.3 Å². The van der Waals surface area contributed by atoms with E-state index in [9.17, 15) is 14.4 Å². The van der Waals surface area contributed by atoms with Gasteiger partial charge in [0.2, 0.25) is 5.91 Å². The summed E-state index contributed by atoms with van der Waals surface area (Å²) in [7, 11) is 0. The number of carbonyl (C=O) groups excluding carboxylic acids is 3. The van der Waals surface area contributed by atoms with E-state index in [1.165, 1.54) is 4.90 Å². The molecule has 1 atom stereocenters. The Kier molecular flexibility index (Phi) is 5.66. The van der Waals surface area contributed by atoms with Crippen LogP contribution >= 0.6 is 11.8 Å². The summed E-state index contributed by atoms with van der Waals surface area (Å²) in [6.07, 6.45) is 0. The highest BCUT2D eigenvalue weighted by Crippen LogP contribution is 2.22. The molecule has 24 heavy (non-hydrogen) atoms. The number of hydrogen-bond donors (Lipinski definition) is 2. The molecule has 3 amide bonds. The Morgan fingerprint density at radius 3 is 2.67 bits per heavy atom. The first-order valence-electron chi connectivity index (χ1n) is 7.85. The van der Waals surface area contributed by atoms with Gasteiger partial charge in [0.25, 0.3) is 11.1 Å². The summed E-state index contributed by atoms with van der Waals surface area (Å²) in [4.78, 5) is 37.1. The Labute approximate surface area is 146 Å². The smallest absolute Gasteiger partial charge is 0.289 e. The third-order valence-corrected chi connectivity index (χ3v) is 5.33. The van der Waals surface area contributed by atoms with E-state index in [2.05, 4.69) is 5.32 Å². The molecule has 0 saturated carbocycles. The van der Waals surface area contributed by atoms with Gasteiger partial charge < -0.3 is 11.1 Å². The van der Waals surface area contributed by atoms with Crippen molar-refractivity contribution in [3.8, 4) is 0 Å². The van der Waals surface area contributed by atoms with Gasteiger partial charge in [-0.3, -0.25) is 19.3 Å². The highest BCUT2D eigenvalue weighted by atomic mass is 32.2. The largest absolute Gasteiger partial charge is 0.345 e. The van der Waals surface area contributed by atoms with Crippen LogP contribution in [0.2, 0.25) is 0 Å². The van der Waals surface area contributed by atoms with Gasteiger partial charge in [0.1, 0.15) is 0 Å². The topological polar surface area (TPSA) is 92.5 Å². The minimum absolute atomic E-state index is 0.183. The lowest BCUT2D eigenvalue weighted by Crippen LogP contribution is -2.55. The molecule has 1 unspecified atom stereocenters. The van der Waals surface area contributed by atoms with Gasteiger partial charge in [-0.25, -0.2) is 0 Å². The fourth-order valence-electron chi connectivity index (χ4n) is 2.29. The van der Waals surface area contributed by atoms with Crippen molar-refractivity contribution in [2.45, 2.75) is 32.9 Å². The van der Waals surface area contributed by atoms with Crippen LogP contribution in [0.25, 0.3) is 0 Å². The third-order valence-electron chi connectivity index (χ3n) is 4.47. The zero-order valence-corrected chi connectivity index (χ0v) is 15.0. The van der Waals surface area contributed by atoms with Crippen LogP contribution in [0, 0.1) is 5.92 Å². The molecule has 1 heterocycles. The molecular weight excluding hydrogens is 326 g/mol. The van der Waals surface area contributed by atoms with Crippen LogP contribution in [0.3, 0.4) is 0 Å². The van der Waals surface area contributed by atoms with Crippen LogP contribution < -0.4 is 11.1 Å². The van der Waals surface area contributed by atoms with Crippen molar-refractivity contribution in [1.29, 1.82) is 0 Å². The maximum absolute atomic E-state index is 12.5.